The lowest BCUT2D eigenvalue weighted by atomic mass is 10.1. The number of halogens is 3. The van der Waals surface area contributed by atoms with Crippen LogP contribution >= 0.6 is 0 Å². The summed E-state index contributed by atoms with van der Waals surface area (Å²) >= 11 is 0. The first-order chi connectivity index (χ1) is 7.04. The minimum absolute atomic E-state index is 0.498. The molecule has 0 unspecified atom stereocenters. The molecular formula is C11H16F3N. The maximum absolute atomic E-state index is 12.2. The molecule has 86 valence electrons. The largest absolute Gasteiger partial charge is 0.416 e. The first-order valence-electron chi connectivity index (χ1n) is 5.06. The van der Waals surface area contributed by atoms with Crippen LogP contribution in [0.3, 0.4) is 0 Å². The van der Waals surface area contributed by atoms with Crippen LogP contribution in [0.4, 0.5) is 13.2 Å². The van der Waals surface area contributed by atoms with Crippen molar-refractivity contribution >= 4 is 0 Å². The Hall–Kier alpha value is -1.06. The van der Waals surface area contributed by atoms with E-state index in [-0.39, 0.29) is 0 Å². The Bertz CT molecular complexity index is 281. The number of aryl methyl sites for hydroxylation is 1. The molecule has 15 heavy (non-hydrogen) atoms. The van der Waals surface area contributed by atoms with Crippen molar-refractivity contribution in [1.29, 1.82) is 0 Å². The predicted molar refractivity (Wildman–Crippen MR) is 54.6 cm³/mol. The second-order valence-corrected chi connectivity index (χ2v) is 2.78. The molecule has 1 aromatic rings. The third-order valence-corrected chi connectivity index (χ3v) is 1.65. The lowest BCUT2D eigenvalue weighted by Crippen LogP contribution is -2.06. The Morgan fingerprint density at radius 2 is 1.87 bits per heavy atom. The first kappa shape index (κ1) is 13.9. The van der Waals surface area contributed by atoms with Crippen LogP contribution in [-0.2, 0) is 12.6 Å². The fourth-order valence-corrected chi connectivity index (χ4v) is 1.05. The minimum atomic E-state index is -4.26. The van der Waals surface area contributed by atoms with Crippen LogP contribution in [0.2, 0.25) is 0 Å². The average Bonchev–Trinajstić information content (AvgIpc) is 2.21. The molecule has 0 radical (unpaired) electrons. The fourth-order valence-electron chi connectivity index (χ4n) is 1.05. The highest BCUT2D eigenvalue weighted by Crippen LogP contribution is 2.29. The molecule has 0 fully saturated rings. The summed E-state index contributed by atoms with van der Waals surface area (Å²) in [5.41, 5.74) is -0.122. The number of nitrogens with zero attached hydrogens (tertiary/aromatic N) is 1. The van der Waals surface area contributed by atoms with E-state index in [2.05, 4.69) is 4.98 Å². The summed E-state index contributed by atoms with van der Waals surface area (Å²) < 4.78 is 36.5. The van der Waals surface area contributed by atoms with E-state index in [1.54, 1.807) is 0 Å². The zero-order valence-corrected chi connectivity index (χ0v) is 9.23. The van der Waals surface area contributed by atoms with E-state index in [0.29, 0.717) is 12.1 Å². The van der Waals surface area contributed by atoms with Crippen LogP contribution < -0.4 is 0 Å². The minimum Gasteiger partial charge on any atom is -0.261 e. The highest BCUT2D eigenvalue weighted by atomic mass is 19.4. The van der Waals surface area contributed by atoms with Crippen molar-refractivity contribution in [1.82, 2.24) is 4.98 Å². The van der Waals surface area contributed by atoms with Gasteiger partial charge in [-0.25, -0.2) is 0 Å². The first-order valence-corrected chi connectivity index (χ1v) is 5.06. The van der Waals surface area contributed by atoms with Gasteiger partial charge in [0, 0.05) is 11.9 Å². The second-order valence-electron chi connectivity index (χ2n) is 2.78. The molecule has 0 aliphatic rings. The van der Waals surface area contributed by atoms with Crippen molar-refractivity contribution in [3.63, 3.8) is 0 Å². The van der Waals surface area contributed by atoms with Gasteiger partial charge in [-0.1, -0.05) is 27.2 Å². The summed E-state index contributed by atoms with van der Waals surface area (Å²) in [6, 6.07) is 2.09. The molecule has 0 aromatic carbocycles. The van der Waals surface area contributed by atoms with E-state index in [4.69, 9.17) is 0 Å². The molecule has 0 aliphatic heterocycles. The quantitative estimate of drug-likeness (QED) is 0.730. The van der Waals surface area contributed by atoms with Crippen LogP contribution in [-0.4, -0.2) is 4.98 Å². The molecule has 1 nitrogen and oxygen atoms in total. The molecule has 0 atom stereocenters. The lowest BCUT2D eigenvalue weighted by Gasteiger charge is -2.06. The molecule has 1 heterocycles. The van der Waals surface area contributed by atoms with Gasteiger partial charge in [0.2, 0.25) is 0 Å². The number of hydrogen-bond acceptors (Lipinski definition) is 1. The topological polar surface area (TPSA) is 12.9 Å². The smallest absolute Gasteiger partial charge is 0.261 e. The van der Waals surface area contributed by atoms with E-state index in [0.717, 1.165) is 18.6 Å². The van der Waals surface area contributed by atoms with Gasteiger partial charge in [-0.15, -0.1) is 0 Å². The van der Waals surface area contributed by atoms with Crippen LogP contribution in [0, 0.1) is 0 Å². The van der Waals surface area contributed by atoms with Gasteiger partial charge in [-0.3, -0.25) is 4.98 Å². The third-order valence-electron chi connectivity index (χ3n) is 1.65. The summed E-state index contributed by atoms with van der Waals surface area (Å²) in [5, 5.41) is 0. The molecule has 1 rings (SSSR count). The zero-order chi connectivity index (χ0) is 11.9. The molecule has 0 aliphatic carbocycles. The Labute approximate surface area is 88.3 Å². The lowest BCUT2D eigenvalue weighted by molar-refractivity contribution is -0.137. The fraction of sp³-hybridized carbons (Fsp3) is 0.545. The molecule has 4 heteroatoms. The SMILES string of the molecule is CC.CCCc1cc(C(F)(F)F)ccn1. The molecule has 0 saturated heterocycles. The molecule has 0 amide bonds. The molecule has 0 N–H and O–H groups in total. The van der Waals surface area contributed by atoms with Crippen LogP contribution in [0.15, 0.2) is 18.3 Å². The maximum Gasteiger partial charge on any atom is 0.416 e. The van der Waals surface area contributed by atoms with E-state index in [1.807, 2.05) is 20.8 Å². The standard InChI is InChI=1S/C9H10F3N.C2H6/c1-2-3-8-6-7(4-5-13-8)9(10,11)12;1-2/h4-6H,2-3H2,1H3;1-2H3. The molecule has 0 saturated carbocycles. The number of rotatable bonds is 2. The highest BCUT2D eigenvalue weighted by Gasteiger charge is 2.30. The molecule has 0 spiro atoms. The van der Waals surface area contributed by atoms with Crippen LogP contribution in [0.25, 0.3) is 0 Å². The highest BCUT2D eigenvalue weighted by molar-refractivity contribution is 5.19. The van der Waals surface area contributed by atoms with Gasteiger partial charge >= 0.3 is 6.18 Å². The number of alkyl halides is 3. The van der Waals surface area contributed by atoms with Crippen molar-refractivity contribution in [2.45, 2.75) is 39.8 Å². The Morgan fingerprint density at radius 1 is 1.27 bits per heavy atom. The van der Waals surface area contributed by atoms with Gasteiger partial charge in [0.25, 0.3) is 0 Å². The van der Waals surface area contributed by atoms with Gasteiger partial charge in [-0.05, 0) is 18.6 Å². The van der Waals surface area contributed by atoms with Gasteiger partial charge in [0.05, 0.1) is 5.56 Å². The van der Waals surface area contributed by atoms with Crippen molar-refractivity contribution in [3.8, 4) is 0 Å². The van der Waals surface area contributed by atoms with Crippen molar-refractivity contribution in [2.75, 3.05) is 0 Å². The van der Waals surface area contributed by atoms with E-state index < -0.39 is 11.7 Å². The third kappa shape index (κ3) is 4.81. The van der Waals surface area contributed by atoms with E-state index in [9.17, 15) is 13.2 Å². The van der Waals surface area contributed by atoms with Crippen LogP contribution in [0.5, 0.6) is 0 Å². The van der Waals surface area contributed by atoms with Crippen LogP contribution in [0.1, 0.15) is 38.4 Å². The maximum atomic E-state index is 12.2. The summed E-state index contributed by atoms with van der Waals surface area (Å²) in [6.45, 7) is 5.90. The molecule has 1 aromatic heterocycles. The predicted octanol–water partition coefficient (Wildman–Crippen LogP) is 4.08. The van der Waals surface area contributed by atoms with Gasteiger partial charge in [0.15, 0.2) is 0 Å². The summed E-state index contributed by atoms with van der Waals surface area (Å²) in [4.78, 5) is 3.84. The van der Waals surface area contributed by atoms with Gasteiger partial charge in [0.1, 0.15) is 0 Å². The Morgan fingerprint density at radius 3 is 2.33 bits per heavy atom. The van der Waals surface area contributed by atoms with Crippen molar-refractivity contribution < 1.29 is 13.2 Å². The normalized spacial score (nSPS) is 10.5. The van der Waals surface area contributed by atoms with E-state index in [1.165, 1.54) is 6.20 Å². The molecular weight excluding hydrogens is 203 g/mol. The molecule has 0 bridgehead atoms. The summed E-state index contributed by atoms with van der Waals surface area (Å²) in [7, 11) is 0. The van der Waals surface area contributed by atoms with Gasteiger partial charge in [-0.2, -0.15) is 13.2 Å². The monoisotopic (exact) mass is 219 g/mol. The number of pyridine rings is 1. The van der Waals surface area contributed by atoms with Crippen molar-refractivity contribution in [3.05, 3.63) is 29.6 Å². The Balaban J connectivity index is 0.000000921. The summed E-state index contributed by atoms with van der Waals surface area (Å²) in [5.74, 6) is 0. The zero-order valence-electron chi connectivity index (χ0n) is 9.23. The summed E-state index contributed by atoms with van der Waals surface area (Å²) in [6.07, 6.45) is -1.67. The number of hydrogen-bond donors (Lipinski definition) is 0. The second kappa shape index (κ2) is 6.43. The Kier molecular flexibility index (Phi) is 5.97. The van der Waals surface area contributed by atoms with E-state index >= 15 is 0 Å². The van der Waals surface area contributed by atoms with Crippen molar-refractivity contribution in [2.24, 2.45) is 0 Å². The number of aromatic nitrogens is 1. The average molecular weight is 219 g/mol. The van der Waals surface area contributed by atoms with Gasteiger partial charge < -0.3 is 0 Å².